The first kappa shape index (κ1) is 22.4. The third-order valence-electron chi connectivity index (χ3n) is 4.80. The highest BCUT2D eigenvalue weighted by Gasteiger charge is 2.27. The number of hydrogen-bond acceptors (Lipinski definition) is 8. The van der Waals surface area contributed by atoms with Crippen molar-refractivity contribution < 1.29 is 8.81 Å². The molecular weight excluding hydrogens is 463 g/mol. The molecule has 3 heterocycles. The zero-order valence-electron chi connectivity index (χ0n) is 17.2. The Morgan fingerprint density at radius 1 is 1.28 bits per heavy atom. The molecule has 1 atom stereocenters. The normalized spacial score (nSPS) is 15.8. The van der Waals surface area contributed by atoms with Crippen molar-refractivity contribution >= 4 is 45.9 Å². The van der Waals surface area contributed by atoms with Gasteiger partial charge in [0.25, 0.3) is 0 Å². The summed E-state index contributed by atoms with van der Waals surface area (Å²) in [5.41, 5.74) is 2.17. The summed E-state index contributed by atoms with van der Waals surface area (Å²) in [6, 6.07) is 12.2. The summed E-state index contributed by atoms with van der Waals surface area (Å²) in [4.78, 5) is 0.827. The highest BCUT2D eigenvalue weighted by Crippen LogP contribution is 2.38. The van der Waals surface area contributed by atoms with Crippen LogP contribution >= 0.6 is 35.3 Å². The van der Waals surface area contributed by atoms with E-state index >= 15 is 0 Å². The van der Waals surface area contributed by atoms with Crippen LogP contribution < -0.4 is 5.32 Å². The van der Waals surface area contributed by atoms with Crippen molar-refractivity contribution in [3.05, 3.63) is 86.5 Å². The second-order valence-corrected chi connectivity index (χ2v) is 9.72. The summed E-state index contributed by atoms with van der Waals surface area (Å²) in [5.74, 6) is 0.571. The second kappa shape index (κ2) is 10.2. The number of furan rings is 1. The molecule has 0 bridgehead atoms. The molecule has 5 nitrogen and oxygen atoms in total. The number of allylic oxidation sites excluding steroid dienone is 2. The Morgan fingerprint density at radius 3 is 2.72 bits per heavy atom. The smallest absolute Gasteiger partial charge is 0.123 e. The van der Waals surface area contributed by atoms with Crippen LogP contribution in [0, 0.1) is 17.1 Å². The molecule has 0 radical (unpaired) electrons. The topological polar surface area (TPSA) is 74.7 Å². The first-order valence-electron chi connectivity index (χ1n) is 9.95. The Hall–Kier alpha value is -2.80. The molecule has 0 unspecified atom stereocenters. The minimum Gasteiger partial charge on any atom is -0.468 e. The summed E-state index contributed by atoms with van der Waals surface area (Å²) in [6.45, 7) is 2.05. The Morgan fingerprint density at radius 2 is 2.06 bits per heavy atom. The summed E-state index contributed by atoms with van der Waals surface area (Å²) < 4.78 is 19.0. The third kappa shape index (κ3) is 5.15. The lowest BCUT2D eigenvalue weighted by atomic mass is 9.92. The van der Waals surface area contributed by atoms with Crippen LogP contribution in [0.25, 0.3) is 5.70 Å². The van der Waals surface area contributed by atoms with E-state index in [0.29, 0.717) is 28.5 Å². The molecular formula is C23H19FN4OS3. The lowest BCUT2D eigenvalue weighted by molar-refractivity contribution is 0.505. The van der Waals surface area contributed by atoms with Gasteiger partial charge in [-0.25, -0.2) is 4.39 Å². The quantitative estimate of drug-likeness (QED) is 0.416. The number of halogens is 1. The van der Waals surface area contributed by atoms with E-state index in [9.17, 15) is 9.65 Å². The van der Waals surface area contributed by atoms with Crippen LogP contribution in [0.15, 0.2) is 63.8 Å². The number of thioether (sulfide) groups is 1. The lowest BCUT2D eigenvalue weighted by Gasteiger charge is -2.25. The predicted molar refractivity (Wildman–Crippen MR) is 130 cm³/mol. The number of benzene rings is 1. The van der Waals surface area contributed by atoms with Crippen LogP contribution in [0.1, 0.15) is 34.2 Å². The van der Waals surface area contributed by atoms with Crippen molar-refractivity contribution in [2.45, 2.75) is 25.7 Å². The summed E-state index contributed by atoms with van der Waals surface area (Å²) in [7, 11) is 0. The Kier molecular flexibility index (Phi) is 7.15. The van der Waals surface area contributed by atoms with Gasteiger partial charge in [0.1, 0.15) is 21.6 Å². The minimum absolute atomic E-state index is 0.302. The average Bonchev–Trinajstić information content (AvgIpc) is 3.50. The van der Waals surface area contributed by atoms with Gasteiger partial charge in [-0.05, 0) is 42.3 Å². The number of thiocarbonyl (C=S) groups is 1. The van der Waals surface area contributed by atoms with Crippen LogP contribution in [-0.4, -0.2) is 20.8 Å². The molecule has 1 aliphatic heterocycles. The second-order valence-electron chi connectivity index (χ2n) is 7.01. The molecule has 0 saturated heterocycles. The van der Waals surface area contributed by atoms with Gasteiger partial charge in [-0.1, -0.05) is 31.3 Å². The number of nitriles is 1. The third-order valence-corrected chi connectivity index (χ3v) is 7.44. The molecule has 0 amide bonds. The molecule has 1 N–H and O–H groups in total. The first-order chi connectivity index (χ1) is 15.6. The van der Waals surface area contributed by atoms with Crippen LogP contribution in [0.3, 0.4) is 0 Å². The van der Waals surface area contributed by atoms with Crippen molar-refractivity contribution in [1.82, 2.24) is 15.5 Å². The van der Waals surface area contributed by atoms with Gasteiger partial charge < -0.3 is 9.73 Å². The number of aryl methyl sites for hydroxylation is 1. The van der Waals surface area contributed by atoms with Gasteiger partial charge >= 0.3 is 0 Å². The average molecular weight is 483 g/mol. The molecule has 1 aliphatic rings. The van der Waals surface area contributed by atoms with Gasteiger partial charge in [-0.15, -0.1) is 33.3 Å². The first-order valence-corrected chi connectivity index (χ1v) is 12.2. The molecule has 3 aromatic rings. The number of hydrogen-bond donors (Lipinski definition) is 1. The summed E-state index contributed by atoms with van der Waals surface area (Å²) in [6.07, 6.45) is 4.96. The van der Waals surface area contributed by atoms with Crippen molar-refractivity contribution in [1.29, 1.82) is 5.26 Å². The molecule has 0 aliphatic carbocycles. The van der Waals surface area contributed by atoms with Crippen LogP contribution in [0.4, 0.5) is 4.39 Å². The van der Waals surface area contributed by atoms with Crippen LogP contribution in [0.2, 0.25) is 0 Å². The van der Waals surface area contributed by atoms with E-state index in [4.69, 9.17) is 16.6 Å². The van der Waals surface area contributed by atoms with E-state index in [1.165, 1.54) is 23.9 Å². The maximum atomic E-state index is 13.4. The maximum absolute atomic E-state index is 13.4. The number of nitrogens with one attached hydrogen (secondary N) is 1. The van der Waals surface area contributed by atoms with Crippen molar-refractivity contribution in [2.24, 2.45) is 0 Å². The SMILES string of the molecule is CCc1nnc(CC(=S)CSC2=C(C#N)[C@@H](c3ccco3)C=C(c3ccc(F)cc3)N2)s1. The van der Waals surface area contributed by atoms with E-state index in [1.54, 1.807) is 35.8 Å². The van der Waals surface area contributed by atoms with E-state index in [2.05, 4.69) is 21.6 Å². The highest BCUT2D eigenvalue weighted by atomic mass is 32.2. The standard InChI is InChI=1S/C23H19FN4OS3/c1-2-21-27-28-22(32-21)10-16(30)13-31-23-18(12-25)17(20-4-3-9-29-20)11-19(26-23)14-5-7-15(24)8-6-14/h3-9,11,17,26H,2,10,13H2,1H3/t17-/m0/s1. The van der Waals surface area contributed by atoms with Crippen molar-refractivity contribution in [3.63, 3.8) is 0 Å². The fraction of sp³-hybridized carbons (Fsp3) is 0.217. The van der Waals surface area contributed by atoms with Gasteiger partial charge in [-0.2, -0.15) is 5.26 Å². The molecule has 162 valence electrons. The monoisotopic (exact) mass is 482 g/mol. The fourth-order valence-electron chi connectivity index (χ4n) is 3.22. The molecule has 1 aromatic carbocycles. The molecule has 0 spiro atoms. The Bertz CT molecular complexity index is 1210. The molecule has 0 saturated carbocycles. The zero-order valence-corrected chi connectivity index (χ0v) is 19.6. The molecule has 2 aromatic heterocycles. The summed E-state index contributed by atoms with van der Waals surface area (Å²) >= 11 is 8.63. The van der Waals surface area contributed by atoms with E-state index in [1.807, 2.05) is 19.1 Å². The number of dihydropyridines is 1. The number of rotatable bonds is 8. The largest absolute Gasteiger partial charge is 0.468 e. The van der Waals surface area contributed by atoms with E-state index < -0.39 is 0 Å². The number of nitrogens with zero attached hydrogens (tertiary/aromatic N) is 3. The van der Waals surface area contributed by atoms with E-state index in [0.717, 1.165) is 32.6 Å². The fourth-order valence-corrected chi connectivity index (χ4v) is 5.37. The number of aromatic nitrogens is 2. The van der Waals surface area contributed by atoms with Gasteiger partial charge in [0.2, 0.25) is 0 Å². The lowest BCUT2D eigenvalue weighted by Crippen LogP contribution is -2.21. The molecule has 9 heteroatoms. The van der Waals surface area contributed by atoms with Crippen LogP contribution in [0.5, 0.6) is 0 Å². The molecule has 0 fully saturated rings. The van der Waals surface area contributed by atoms with Gasteiger partial charge in [-0.3, -0.25) is 0 Å². The van der Waals surface area contributed by atoms with Gasteiger partial charge in [0.15, 0.2) is 0 Å². The van der Waals surface area contributed by atoms with Gasteiger partial charge in [0, 0.05) is 22.7 Å². The minimum atomic E-state index is -0.345. The Labute approximate surface area is 199 Å². The summed E-state index contributed by atoms with van der Waals surface area (Å²) in [5, 5.41) is 24.2. The Balaban J connectivity index is 1.56. The zero-order chi connectivity index (χ0) is 22.5. The van der Waals surface area contributed by atoms with Crippen LogP contribution in [-0.2, 0) is 12.8 Å². The van der Waals surface area contributed by atoms with E-state index in [-0.39, 0.29) is 11.7 Å². The molecule has 4 rings (SSSR count). The predicted octanol–water partition coefficient (Wildman–Crippen LogP) is 5.64. The molecule has 32 heavy (non-hydrogen) atoms. The van der Waals surface area contributed by atoms with Crippen molar-refractivity contribution in [2.75, 3.05) is 5.75 Å². The van der Waals surface area contributed by atoms with Crippen molar-refractivity contribution in [3.8, 4) is 6.07 Å². The van der Waals surface area contributed by atoms with Gasteiger partial charge in [0.05, 0.1) is 28.9 Å². The highest BCUT2D eigenvalue weighted by molar-refractivity contribution is 8.04. The maximum Gasteiger partial charge on any atom is 0.123 e.